The van der Waals surface area contributed by atoms with Crippen molar-refractivity contribution >= 4 is 10.8 Å². The average Bonchev–Trinajstić information content (AvgIpc) is 3.75. The quantitative estimate of drug-likeness (QED) is 0.178. The zero-order valence-corrected chi connectivity index (χ0v) is 35.6. The van der Waals surface area contributed by atoms with E-state index in [0.717, 1.165) is 27.5 Å². The van der Waals surface area contributed by atoms with Crippen LogP contribution in [0.25, 0.3) is 78.3 Å². The van der Waals surface area contributed by atoms with Crippen LogP contribution in [-0.2, 0) is 16.2 Å². The van der Waals surface area contributed by atoms with Crippen molar-refractivity contribution in [2.75, 3.05) is 0 Å². The number of hydrogen-bond acceptors (Lipinski definition) is 3. The third kappa shape index (κ3) is 5.75. The normalized spacial score (nSPS) is 13.5. The van der Waals surface area contributed by atoms with Crippen LogP contribution in [0.3, 0.4) is 0 Å². The van der Waals surface area contributed by atoms with Crippen LogP contribution in [0, 0.1) is 0 Å². The Kier molecular flexibility index (Phi) is 8.22. The fraction of sp³-hybridized carbons (Fsp3) is 0.155. The number of rotatable bonds is 4. The fourth-order valence-corrected chi connectivity index (χ4v) is 9.97. The maximum atomic E-state index is 5.14. The van der Waals surface area contributed by atoms with Crippen molar-refractivity contribution in [1.29, 1.82) is 0 Å². The van der Waals surface area contributed by atoms with Crippen LogP contribution in [-0.4, -0.2) is 15.0 Å². The first-order valence-corrected chi connectivity index (χ1v) is 21.4. The molecule has 3 heteroatoms. The Morgan fingerprint density at radius 1 is 0.311 bits per heavy atom. The van der Waals surface area contributed by atoms with Gasteiger partial charge in [-0.3, -0.25) is 0 Å². The molecule has 1 heterocycles. The molecule has 3 nitrogen and oxygen atoms in total. The van der Waals surface area contributed by atoms with Crippen molar-refractivity contribution in [1.82, 2.24) is 15.0 Å². The molecule has 0 saturated heterocycles. The molecule has 294 valence electrons. The number of hydrogen-bond donors (Lipinski definition) is 0. The number of aromatic nitrogens is 3. The molecule has 8 aromatic carbocycles. The molecule has 0 amide bonds. The summed E-state index contributed by atoms with van der Waals surface area (Å²) in [4.78, 5) is 15.3. The molecule has 0 unspecified atom stereocenters. The van der Waals surface area contributed by atoms with Gasteiger partial charge in [-0.2, -0.15) is 0 Å². The molecule has 1 aromatic heterocycles. The van der Waals surface area contributed by atoms with Crippen molar-refractivity contribution in [2.24, 2.45) is 0 Å². The maximum absolute atomic E-state index is 5.14. The highest BCUT2D eigenvalue weighted by Crippen LogP contribution is 2.64. The molecule has 1 spiro atoms. The second kappa shape index (κ2) is 13.5. The van der Waals surface area contributed by atoms with Crippen LogP contribution in [0.2, 0.25) is 0 Å². The summed E-state index contributed by atoms with van der Waals surface area (Å²) in [7, 11) is 0. The minimum Gasteiger partial charge on any atom is -0.208 e. The second-order valence-electron chi connectivity index (χ2n) is 18.8. The molecule has 0 atom stereocenters. The third-order valence-corrected chi connectivity index (χ3v) is 13.1. The first-order chi connectivity index (χ1) is 29.5. The Hall–Kier alpha value is -6.97. The summed E-state index contributed by atoms with van der Waals surface area (Å²) in [6.45, 7) is 14.0. The molecule has 0 saturated carbocycles. The Balaban J connectivity index is 1.14. The highest BCUT2D eigenvalue weighted by atomic mass is 15.0. The smallest absolute Gasteiger partial charge is 0.164 e. The lowest BCUT2D eigenvalue weighted by atomic mass is 9.68. The fourth-order valence-electron chi connectivity index (χ4n) is 9.97. The van der Waals surface area contributed by atoms with Crippen LogP contribution in [0.4, 0.5) is 0 Å². The molecule has 0 aliphatic heterocycles. The summed E-state index contributed by atoms with van der Waals surface area (Å²) in [5.74, 6) is 1.97. The third-order valence-electron chi connectivity index (χ3n) is 13.1. The number of fused-ring (bicyclic) bond motifs is 11. The van der Waals surface area contributed by atoms with Gasteiger partial charge in [0.2, 0.25) is 0 Å². The van der Waals surface area contributed by atoms with Gasteiger partial charge in [-0.05, 0) is 94.4 Å². The van der Waals surface area contributed by atoms with Crippen molar-refractivity contribution in [2.45, 2.75) is 57.8 Å². The second-order valence-corrected chi connectivity index (χ2v) is 18.8. The Bertz CT molecular complexity index is 3080. The van der Waals surface area contributed by atoms with Crippen molar-refractivity contribution in [3.05, 3.63) is 209 Å². The minimum atomic E-state index is -0.475. The molecule has 0 fully saturated rings. The monoisotopic (exact) mass is 785 g/mol. The van der Waals surface area contributed by atoms with Gasteiger partial charge in [0.1, 0.15) is 0 Å². The van der Waals surface area contributed by atoms with E-state index >= 15 is 0 Å². The lowest BCUT2D eigenvalue weighted by molar-refractivity contribution is 0.586. The van der Waals surface area contributed by atoms with Crippen molar-refractivity contribution in [3.63, 3.8) is 0 Å². The zero-order chi connectivity index (χ0) is 41.7. The van der Waals surface area contributed by atoms with Crippen LogP contribution in [0.5, 0.6) is 0 Å². The number of nitrogens with zero attached hydrogens (tertiary/aromatic N) is 3. The number of benzene rings is 8. The summed E-state index contributed by atoms with van der Waals surface area (Å²) < 4.78 is 0. The van der Waals surface area contributed by atoms with Crippen molar-refractivity contribution in [3.8, 4) is 67.5 Å². The highest BCUT2D eigenvalue weighted by molar-refractivity contribution is 6.05. The van der Waals surface area contributed by atoms with E-state index in [0.29, 0.717) is 17.5 Å². The van der Waals surface area contributed by atoms with Gasteiger partial charge in [0.05, 0.1) is 5.41 Å². The van der Waals surface area contributed by atoms with Gasteiger partial charge in [0.25, 0.3) is 0 Å². The molecule has 2 aliphatic rings. The van der Waals surface area contributed by atoms with Crippen LogP contribution in [0.15, 0.2) is 176 Å². The van der Waals surface area contributed by atoms with Crippen LogP contribution < -0.4 is 0 Å². The van der Waals surface area contributed by atoms with Gasteiger partial charge in [-0.1, -0.05) is 211 Å². The minimum absolute atomic E-state index is 0.00667. The van der Waals surface area contributed by atoms with Gasteiger partial charge >= 0.3 is 0 Å². The molecule has 9 aromatic rings. The predicted molar refractivity (Wildman–Crippen MR) is 253 cm³/mol. The van der Waals surface area contributed by atoms with E-state index < -0.39 is 5.41 Å². The molecular weight excluding hydrogens is 739 g/mol. The van der Waals surface area contributed by atoms with E-state index in [1.807, 2.05) is 36.4 Å². The lowest BCUT2D eigenvalue weighted by Gasteiger charge is -2.33. The molecule has 2 aliphatic carbocycles. The van der Waals surface area contributed by atoms with E-state index in [1.54, 1.807) is 0 Å². The first-order valence-electron chi connectivity index (χ1n) is 21.4. The SMILES string of the molecule is CC(C)(C)c1ccc2c(c1)C1(c3ccccc3-c3ccc(-c4cccc5c(-c6nc(-c7ccccc7)nc(-c7ccccc7)n6)cccc45)cc31)c1cc(C(C)(C)C)ccc1-2. The molecule has 0 radical (unpaired) electrons. The first kappa shape index (κ1) is 37.1. The standard InChI is InChI=1S/C58H47N3/c1-56(2,3)39-28-31-46-47-32-29-40(57(4,5)6)35-52(47)58(51(46)34-39)49-26-14-13-21-44(49)45-30-27-38(33-50(45)58)41-22-15-24-43-42(41)23-16-25-48(43)55-60-53(36-17-9-7-10-18-36)59-54(61-55)37-19-11-8-12-20-37/h7-35H,1-6H3. The van der Waals surface area contributed by atoms with E-state index in [9.17, 15) is 0 Å². The largest absolute Gasteiger partial charge is 0.208 e. The zero-order valence-electron chi connectivity index (χ0n) is 35.6. The Labute approximate surface area is 358 Å². The summed E-state index contributed by atoms with van der Waals surface area (Å²) in [5, 5.41) is 2.26. The summed E-state index contributed by atoms with van der Waals surface area (Å²) in [6, 6.07) is 64.5. The molecular formula is C58H47N3. The van der Waals surface area contributed by atoms with E-state index in [-0.39, 0.29) is 10.8 Å². The molecule has 61 heavy (non-hydrogen) atoms. The van der Waals surface area contributed by atoms with Gasteiger partial charge < -0.3 is 0 Å². The summed E-state index contributed by atoms with van der Waals surface area (Å²) >= 11 is 0. The Morgan fingerprint density at radius 2 is 0.738 bits per heavy atom. The summed E-state index contributed by atoms with van der Waals surface area (Å²) in [5.41, 5.74) is 18.2. The Morgan fingerprint density at radius 3 is 1.30 bits per heavy atom. The molecule has 0 bridgehead atoms. The van der Waals surface area contributed by atoms with E-state index in [2.05, 4.69) is 181 Å². The van der Waals surface area contributed by atoms with Gasteiger partial charge in [0, 0.05) is 16.7 Å². The summed E-state index contributed by atoms with van der Waals surface area (Å²) in [6.07, 6.45) is 0. The van der Waals surface area contributed by atoms with E-state index in [1.165, 1.54) is 66.8 Å². The van der Waals surface area contributed by atoms with E-state index in [4.69, 9.17) is 15.0 Å². The highest BCUT2D eigenvalue weighted by Gasteiger charge is 2.52. The topological polar surface area (TPSA) is 38.7 Å². The van der Waals surface area contributed by atoms with Gasteiger partial charge in [0.15, 0.2) is 17.5 Å². The van der Waals surface area contributed by atoms with Gasteiger partial charge in [-0.25, -0.2) is 15.0 Å². The molecule has 11 rings (SSSR count). The van der Waals surface area contributed by atoms with Crippen molar-refractivity contribution < 1.29 is 0 Å². The lowest BCUT2D eigenvalue weighted by Crippen LogP contribution is -2.27. The predicted octanol–water partition coefficient (Wildman–Crippen LogP) is 14.6. The average molecular weight is 786 g/mol. The van der Waals surface area contributed by atoms with Crippen LogP contribution >= 0.6 is 0 Å². The van der Waals surface area contributed by atoms with Crippen LogP contribution in [0.1, 0.15) is 74.9 Å². The molecule has 0 N–H and O–H groups in total. The maximum Gasteiger partial charge on any atom is 0.164 e. The van der Waals surface area contributed by atoms with Gasteiger partial charge in [-0.15, -0.1) is 0 Å².